The molecule has 0 aromatic heterocycles. The maximum absolute atomic E-state index is 10.1. The van der Waals surface area contributed by atoms with E-state index in [1.807, 2.05) is 0 Å². The predicted octanol–water partition coefficient (Wildman–Crippen LogP) is -0.837. The van der Waals surface area contributed by atoms with E-state index in [1.165, 1.54) is 0 Å². The standard InChI is InChI=1S/C2H3N3O3S/c3-5(9-4)1(6)2(7)8/h3H,4H2/p+1. The lowest BCUT2D eigenvalue weighted by Gasteiger charge is -1.79. The van der Waals surface area contributed by atoms with Crippen molar-refractivity contribution in [3.05, 3.63) is 0 Å². The molecule has 0 aliphatic carbocycles. The van der Waals surface area contributed by atoms with Crippen LogP contribution in [0.15, 0.2) is 0 Å². The van der Waals surface area contributed by atoms with Gasteiger partial charge in [0.15, 0.2) is 0 Å². The molecular formula is C2H4N3O3S+. The van der Waals surface area contributed by atoms with Gasteiger partial charge in [-0.05, 0) is 5.53 Å². The zero-order valence-corrected chi connectivity index (χ0v) is 5.01. The van der Waals surface area contributed by atoms with Gasteiger partial charge in [0.25, 0.3) is 12.1 Å². The minimum absolute atomic E-state index is 0.0718. The van der Waals surface area contributed by atoms with Crippen molar-refractivity contribution < 1.29 is 18.8 Å². The Kier molecular flexibility index (Phi) is 2.82. The summed E-state index contributed by atoms with van der Waals surface area (Å²) in [4.78, 5) is 19.8. The molecular weight excluding hydrogens is 146 g/mol. The minimum Gasteiger partial charge on any atom is -0.470 e. The number of carbonyl (C=O) groups excluding carboxylic acids is 1. The first-order chi connectivity index (χ1) is 4.09. The average molecular weight is 150 g/mol. The Morgan fingerprint density at radius 1 is 1.67 bits per heavy atom. The molecule has 50 valence electrons. The molecule has 6 nitrogen and oxygen atoms in total. The van der Waals surface area contributed by atoms with E-state index in [0.29, 0.717) is 0 Å². The number of nitrogens with two attached hydrogens (primary N) is 1. The Hall–Kier alpha value is -0.950. The van der Waals surface area contributed by atoms with Crippen LogP contribution in [-0.2, 0) is 9.59 Å². The van der Waals surface area contributed by atoms with Crippen molar-refractivity contribution in [1.29, 1.82) is 5.53 Å². The molecule has 0 heterocycles. The van der Waals surface area contributed by atoms with Gasteiger partial charge in [-0.1, -0.05) is 0 Å². The van der Waals surface area contributed by atoms with Crippen molar-refractivity contribution >= 4 is 24.0 Å². The van der Waals surface area contributed by atoms with Crippen LogP contribution in [0.5, 0.6) is 0 Å². The second kappa shape index (κ2) is 3.15. The molecule has 1 amide bonds. The Balaban J connectivity index is 4.05. The molecule has 9 heavy (non-hydrogen) atoms. The van der Waals surface area contributed by atoms with Crippen LogP contribution in [0.1, 0.15) is 0 Å². The van der Waals surface area contributed by atoms with Gasteiger partial charge < -0.3 is 5.11 Å². The molecule has 0 aromatic rings. The van der Waals surface area contributed by atoms with E-state index in [9.17, 15) is 9.59 Å². The second-order valence-electron chi connectivity index (χ2n) is 1.01. The van der Waals surface area contributed by atoms with E-state index in [1.54, 1.807) is 0 Å². The van der Waals surface area contributed by atoms with Gasteiger partial charge in [0.1, 0.15) is 0 Å². The van der Waals surface area contributed by atoms with Crippen LogP contribution in [-0.4, -0.2) is 21.1 Å². The normalized spacial score (nSPS) is 8.56. The first-order valence-corrected chi connectivity index (χ1v) is 2.58. The molecule has 0 atom stereocenters. The summed E-state index contributed by atoms with van der Waals surface area (Å²) in [5, 5.41) is 12.6. The number of amides is 1. The van der Waals surface area contributed by atoms with E-state index in [0.717, 1.165) is 0 Å². The fourth-order valence-electron chi connectivity index (χ4n) is 0.135. The summed E-state index contributed by atoms with van der Waals surface area (Å²) < 4.78 is 0.0718. The third-order valence-corrected chi connectivity index (χ3v) is 0.849. The summed E-state index contributed by atoms with van der Waals surface area (Å²) in [6, 6.07) is 0. The molecule has 0 fully saturated rings. The van der Waals surface area contributed by atoms with Crippen molar-refractivity contribution in [2.45, 2.75) is 0 Å². The fourth-order valence-corrected chi connectivity index (χ4v) is 0.309. The van der Waals surface area contributed by atoms with Gasteiger partial charge in [0, 0.05) is 4.10 Å². The minimum atomic E-state index is -1.69. The number of aliphatic carboxylic acids is 1. The molecule has 0 spiro atoms. The number of carboxylic acid groups (broad SMARTS) is 1. The molecule has 0 aliphatic heterocycles. The highest BCUT2D eigenvalue weighted by Gasteiger charge is 2.27. The molecule has 0 saturated heterocycles. The molecule has 7 heteroatoms. The van der Waals surface area contributed by atoms with Gasteiger partial charge in [-0.15, -0.1) is 0 Å². The SMILES string of the molecule is N=[N+](SN)C(=O)C(=O)O. The van der Waals surface area contributed by atoms with Crippen molar-refractivity contribution in [1.82, 2.24) is 0 Å². The summed E-state index contributed by atoms with van der Waals surface area (Å²) in [5.74, 6) is -3.05. The lowest BCUT2D eigenvalue weighted by atomic mass is 10.7. The van der Waals surface area contributed by atoms with Crippen LogP contribution in [0.25, 0.3) is 0 Å². The zero-order chi connectivity index (χ0) is 7.44. The van der Waals surface area contributed by atoms with Gasteiger partial charge in [-0.25, -0.2) is 14.7 Å². The number of rotatable bonds is 1. The topological polar surface area (TPSA) is 107 Å². The molecule has 0 saturated carbocycles. The third-order valence-electron chi connectivity index (χ3n) is 0.473. The van der Waals surface area contributed by atoms with Gasteiger partial charge in [-0.3, -0.25) is 0 Å². The van der Waals surface area contributed by atoms with E-state index in [2.05, 4.69) is 5.14 Å². The fraction of sp³-hybridized carbons (Fsp3) is 0. The van der Waals surface area contributed by atoms with Gasteiger partial charge in [0.2, 0.25) is 0 Å². The highest BCUT2D eigenvalue weighted by molar-refractivity contribution is 7.91. The Morgan fingerprint density at radius 2 is 2.11 bits per heavy atom. The maximum atomic E-state index is 10.1. The number of hydrogen-bond donors (Lipinski definition) is 3. The van der Waals surface area contributed by atoms with Crippen LogP contribution in [0.3, 0.4) is 0 Å². The second-order valence-corrected chi connectivity index (χ2v) is 1.59. The molecule has 0 unspecified atom stereocenters. The summed E-state index contributed by atoms with van der Waals surface area (Å²) in [5.41, 5.74) is 6.50. The third kappa shape index (κ3) is 2.20. The number of hydrogen-bond acceptors (Lipinski definition) is 5. The van der Waals surface area contributed by atoms with E-state index in [4.69, 9.17) is 10.6 Å². The van der Waals surface area contributed by atoms with Crippen LogP contribution >= 0.6 is 12.1 Å². The van der Waals surface area contributed by atoms with E-state index in [-0.39, 0.29) is 16.2 Å². The van der Waals surface area contributed by atoms with Gasteiger partial charge in [-0.2, -0.15) is 0 Å². The van der Waals surface area contributed by atoms with E-state index >= 15 is 0 Å². The summed E-state index contributed by atoms with van der Waals surface area (Å²) in [7, 11) is 0. The highest BCUT2D eigenvalue weighted by Crippen LogP contribution is 1.88. The summed E-state index contributed by atoms with van der Waals surface area (Å²) in [6.45, 7) is 0. The molecule has 0 aliphatic rings. The summed E-state index contributed by atoms with van der Waals surface area (Å²) >= 11 is 0.231. The molecule has 4 N–H and O–H groups in total. The van der Waals surface area contributed by atoms with Crippen molar-refractivity contribution in [2.24, 2.45) is 5.14 Å². The summed E-state index contributed by atoms with van der Waals surface area (Å²) in [6.07, 6.45) is 0. The van der Waals surface area contributed by atoms with Gasteiger partial charge in [0.05, 0.1) is 0 Å². The molecule has 0 bridgehead atoms. The maximum Gasteiger partial charge on any atom is 0.536 e. The number of nitrogens with one attached hydrogen (secondary N) is 1. The molecule has 0 radical (unpaired) electrons. The van der Waals surface area contributed by atoms with Crippen LogP contribution in [0.4, 0.5) is 0 Å². The van der Waals surface area contributed by atoms with Crippen LogP contribution in [0.2, 0.25) is 0 Å². The van der Waals surface area contributed by atoms with Gasteiger partial charge >= 0.3 is 11.9 Å². The Labute approximate surface area is 54.4 Å². The first-order valence-electron chi connectivity index (χ1n) is 1.75. The predicted molar refractivity (Wildman–Crippen MR) is 27.4 cm³/mol. The first kappa shape index (κ1) is 8.05. The largest absolute Gasteiger partial charge is 0.536 e. The van der Waals surface area contributed by atoms with Crippen molar-refractivity contribution in [2.75, 3.05) is 0 Å². The quantitative estimate of drug-likeness (QED) is 0.195. The number of carbonyl (C=O) groups is 2. The number of nitrogens with zero attached hydrogens (tertiary/aromatic N) is 1. The number of carboxylic acids is 1. The van der Waals surface area contributed by atoms with Crippen molar-refractivity contribution in [3.8, 4) is 0 Å². The average Bonchev–Trinajstić information content (AvgIpc) is 1.84. The van der Waals surface area contributed by atoms with Crippen LogP contribution < -0.4 is 5.14 Å². The molecule has 0 aromatic carbocycles. The Bertz CT molecular complexity index is 166. The smallest absolute Gasteiger partial charge is 0.470 e. The lowest BCUT2D eigenvalue weighted by molar-refractivity contribution is -0.373. The Morgan fingerprint density at radius 3 is 2.22 bits per heavy atom. The highest BCUT2D eigenvalue weighted by atomic mass is 32.2. The van der Waals surface area contributed by atoms with Crippen molar-refractivity contribution in [3.63, 3.8) is 0 Å². The lowest BCUT2D eigenvalue weighted by Crippen LogP contribution is -2.22. The zero-order valence-electron chi connectivity index (χ0n) is 4.20. The molecule has 0 rings (SSSR count). The van der Waals surface area contributed by atoms with Crippen LogP contribution in [0, 0.1) is 5.53 Å². The van der Waals surface area contributed by atoms with E-state index < -0.39 is 11.9 Å². The monoisotopic (exact) mass is 150 g/mol.